The minimum absolute atomic E-state index is 0.00592. The average molecular weight is 401 g/mol. The Bertz CT molecular complexity index is 829. The van der Waals surface area contributed by atoms with E-state index in [-0.39, 0.29) is 35.9 Å². The molecule has 2 aromatic rings. The molecule has 148 valence electrons. The van der Waals surface area contributed by atoms with Crippen molar-refractivity contribution in [3.63, 3.8) is 0 Å². The fraction of sp³-hybridized carbons (Fsp3) is 0.455. The molecule has 0 bridgehead atoms. The van der Waals surface area contributed by atoms with E-state index in [2.05, 4.69) is 5.32 Å². The molecule has 2 fully saturated rings. The molecular weight excluding hydrogens is 375 g/mol. The molecule has 6 heteroatoms. The number of thiophene rings is 1. The number of nitrogens with zero attached hydrogens (tertiary/aromatic N) is 1. The Morgan fingerprint density at radius 3 is 2.50 bits per heavy atom. The summed E-state index contributed by atoms with van der Waals surface area (Å²) in [5.41, 5.74) is 0.282. The number of rotatable bonds is 7. The summed E-state index contributed by atoms with van der Waals surface area (Å²) < 4.78 is 14.7. The van der Waals surface area contributed by atoms with E-state index in [1.54, 1.807) is 23.1 Å². The van der Waals surface area contributed by atoms with Crippen LogP contribution in [0, 0.1) is 5.82 Å². The maximum absolute atomic E-state index is 14.7. The van der Waals surface area contributed by atoms with E-state index in [9.17, 15) is 14.0 Å². The summed E-state index contributed by atoms with van der Waals surface area (Å²) in [6, 6.07) is 9.37. The van der Waals surface area contributed by atoms with Gasteiger partial charge in [-0.1, -0.05) is 37.1 Å². The first-order chi connectivity index (χ1) is 13.6. The minimum atomic E-state index is -0.915. The Balaban J connectivity index is 1.64. The Morgan fingerprint density at radius 1 is 1.11 bits per heavy atom. The van der Waals surface area contributed by atoms with Gasteiger partial charge in [0.25, 0.3) is 0 Å². The number of benzene rings is 1. The van der Waals surface area contributed by atoms with Crippen molar-refractivity contribution < 1.29 is 14.0 Å². The van der Waals surface area contributed by atoms with Gasteiger partial charge in [0.1, 0.15) is 11.9 Å². The number of carbonyl (C=O) groups excluding carboxylic acids is 2. The third kappa shape index (κ3) is 4.27. The predicted molar refractivity (Wildman–Crippen MR) is 107 cm³/mol. The highest BCUT2D eigenvalue weighted by Crippen LogP contribution is 2.36. The minimum Gasteiger partial charge on any atom is -0.351 e. The monoisotopic (exact) mass is 400 g/mol. The molecule has 2 saturated carbocycles. The quantitative estimate of drug-likeness (QED) is 0.756. The van der Waals surface area contributed by atoms with E-state index in [0.29, 0.717) is 0 Å². The van der Waals surface area contributed by atoms with Gasteiger partial charge in [-0.25, -0.2) is 4.39 Å². The van der Waals surface area contributed by atoms with Gasteiger partial charge in [-0.3, -0.25) is 9.59 Å². The van der Waals surface area contributed by atoms with Gasteiger partial charge in [0.15, 0.2) is 0 Å². The van der Waals surface area contributed by atoms with Crippen molar-refractivity contribution in [2.45, 2.75) is 63.1 Å². The van der Waals surface area contributed by atoms with Crippen LogP contribution in [0.15, 0.2) is 41.8 Å². The van der Waals surface area contributed by atoms with E-state index in [1.165, 1.54) is 17.4 Å². The summed E-state index contributed by atoms with van der Waals surface area (Å²) >= 11 is 1.52. The fourth-order valence-corrected chi connectivity index (χ4v) is 4.73. The lowest BCUT2D eigenvalue weighted by Gasteiger charge is -2.32. The van der Waals surface area contributed by atoms with Gasteiger partial charge in [-0.2, -0.15) is 0 Å². The standard InChI is InChI=1S/C22H25FN2O2S/c23-19-10-4-3-9-18(19)21(22(27)24-15-6-1-2-7-15)25(16-11-12-16)20(26)14-17-8-5-13-28-17/h3-5,8-10,13,15-16,21H,1-2,6-7,11-12,14H2,(H,24,27). The summed E-state index contributed by atoms with van der Waals surface area (Å²) in [7, 11) is 0. The molecule has 1 aromatic carbocycles. The van der Waals surface area contributed by atoms with Crippen LogP contribution < -0.4 is 5.32 Å². The zero-order chi connectivity index (χ0) is 19.5. The molecule has 1 atom stereocenters. The smallest absolute Gasteiger partial charge is 0.247 e. The molecule has 1 heterocycles. The predicted octanol–water partition coefficient (Wildman–Crippen LogP) is 4.22. The number of nitrogens with one attached hydrogen (secondary N) is 1. The molecule has 1 N–H and O–H groups in total. The summed E-state index contributed by atoms with van der Waals surface area (Å²) in [6.45, 7) is 0. The van der Waals surface area contributed by atoms with Crippen molar-refractivity contribution >= 4 is 23.2 Å². The first-order valence-electron chi connectivity index (χ1n) is 10.0. The molecule has 0 aliphatic heterocycles. The molecule has 2 aliphatic carbocycles. The molecule has 2 amide bonds. The lowest BCUT2D eigenvalue weighted by molar-refractivity contribution is -0.141. The van der Waals surface area contributed by atoms with Crippen LogP contribution in [0.4, 0.5) is 4.39 Å². The largest absolute Gasteiger partial charge is 0.351 e. The summed E-state index contributed by atoms with van der Waals surface area (Å²) in [5.74, 6) is -0.813. The van der Waals surface area contributed by atoms with Crippen molar-refractivity contribution in [3.05, 3.63) is 58.0 Å². The van der Waals surface area contributed by atoms with E-state index in [1.807, 2.05) is 17.5 Å². The highest BCUT2D eigenvalue weighted by Gasteiger charge is 2.42. The molecule has 0 radical (unpaired) electrons. The van der Waals surface area contributed by atoms with Gasteiger partial charge in [-0.05, 0) is 43.2 Å². The first-order valence-corrected chi connectivity index (χ1v) is 10.9. The van der Waals surface area contributed by atoms with Gasteiger partial charge in [0.2, 0.25) is 11.8 Å². The number of hydrogen-bond donors (Lipinski definition) is 1. The van der Waals surface area contributed by atoms with Gasteiger partial charge in [-0.15, -0.1) is 11.3 Å². The summed E-state index contributed by atoms with van der Waals surface area (Å²) in [5, 5.41) is 5.02. The number of amides is 2. The Hall–Kier alpha value is -2.21. The third-order valence-electron chi connectivity index (χ3n) is 5.56. The van der Waals surface area contributed by atoms with E-state index in [4.69, 9.17) is 0 Å². The van der Waals surface area contributed by atoms with Crippen molar-refractivity contribution in [2.75, 3.05) is 0 Å². The van der Waals surface area contributed by atoms with Crippen molar-refractivity contribution in [2.24, 2.45) is 0 Å². The van der Waals surface area contributed by atoms with Crippen molar-refractivity contribution in [1.29, 1.82) is 0 Å². The Morgan fingerprint density at radius 2 is 1.86 bits per heavy atom. The molecule has 1 unspecified atom stereocenters. The maximum Gasteiger partial charge on any atom is 0.247 e. The number of carbonyl (C=O) groups is 2. The average Bonchev–Trinajstić information content (AvgIpc) is 3.13. The zero-order valence-corrected chi connectivity index (χ0v) is 16.6. The SMILES string of the molecule is O=C(NC1CCCC1)C(c1ccccc1F)N(C(=O)Cc1cccs1)C1CC1. The van der Waals surface area contributed by atoms with Gasteiger partial charge < -0.3 is 10.2 Å². The highest BCUT2D eigenvalue weighted by atomic mass is 32.1. The molecule has 2 aliphatic rings. The van der Waals surface area contributed by atoms with Crippen LogP contribution in [0.25, 0.3) is 0 Å². The van der Waals surface area contributed by atoms with Crippen LogP contribution in [0.1, 0.15) is 55.0 Å². The van der Waals surface area contributed by atoms with Gasteiger partial charge >= 0.3 is 0 Å². The van der Waals surface area contributed by atoms with Crippen LogP contribution in [0.2, 0.25) is 0 Å². The fourth-order valence-electron chi connectivity index (χ4n) is 4.03. The Labute approximate surface area is 168 Å². The topological polar surface area (TPSA) is 49.4 Å². The lowest BCUT2D eigenvalue weighted by Crippen LogP contribution is -2.47. The molecule has 0 saturated heterocycles. The Kier molecular flexibility index (Phi) is 5.76. The highest BCUT2D eigenvalue weighted by molar-refractivity contribution is 7.10. The van der Waals surface area contributed by atoms with Gasteiger partial charge in [0.05, 0.1) is 6.42 Å². The van der Waals surface area contributed by atoms with Crippen molar-refractivity contribution in [1.82, 2.24) is 10.2 Å². The van der Waals surface area contributed by atoms with Crippen LogP contribution in [-0.2, 0) is 16.0 Å². The second kappa shape index (κ2) is 8.43. The van der Waals surface area contributed by atoms with E-state index >= 15 is 0 Å². The molecule has 28 heavy (non-hydrogen) atoms. The summed E-state index contributed by atoms with van der Waals surface area (Å²) in [4.78, 5) is 29.1. The second-order valence-electron chi connectivity index (χ2n) is 7.70. The van der Waals surface area contributed by atoms with Crippen molar-refractivity contribution in [3.8, 4) is 0 Å². The van der Waals surface area contributed by atoms with Gasteiger partial charge in [0, 0.05) is 22.5 Å². The number of hydrogen-bond acceptors (Lipinski definition) is 3. The molecule has 4 rings (SSSR count). The second-order valence-corrected chi connectivity index (χ2v) is 8.73. The first kappa shape index (κ1) is 19.1. The number of halogens is 1. The molecule has 0 spiro atoms. The molecular formula is C22H25FN2O2S. The molecule has 4 nitrogen and oxygen atoms in total. The zero-order valence-electron chi connectivity index (χ0n) is 15.8. The van der Waals surface area contributed by atoms with Crippen LogP contribution in [-0.4, -0.2) is 28.8 Å². The van der Waals surface area contributed by atoms with Crippen LogP contribution >= 0.6 is 11.3 Å². The van der Waals surface area contributed by atoms with Crippen LogP contribution in [0.3, 0.4) is 0 Å². The summed E-state index contributed by atoms with van der Waals surface area (Å²) in [6.07, 6.45) is 6.05. The normalized spacial score (nSPS) is 18.0. The maximum atomic E-state index is 14.7. The van der Waals surface area contributed by atoms with E-state index < -0.39 is 11.9 Å². The van der Waals surface area contributed by atoms with E-state index in [0.717, 1.165) is 43.4 Å². The van der Waals surface area contributed by atoms with Crippen LogP contribution in [0.5, 0.6) is 0 Å². The lowest BCUT2D eigenvalue weighted by atomic mass is 10.0. The third-order valence-corrected chi connectivity index (χ3v) is 6.44. The molecule has 1 aromatic heterocycles.